The van der Waals surface area contributed by atoms with Crippen LogP contribution < -0.4 is 15.5 Å². The minimum atomic E-state index is -0.00578. The second-order valence-corrected chi connectivity index (χ2v) is 3.70. The van der Waals surface area contributed by atoms with Gasteiger partial charge in [-0.05, 0) is 19.2 Å². The fourth-order valence-electron chi connectivity index (χ4n) is 1.19. The van der Waals surface area contributed by atoms with E-state index >= 15 is 0 Å². The molecule has 0 aromatic carbocycles. The maximum Gasteiger partial charge on any atom is 0.225 e. The third kappa shape index (κ3) is 3.86. The number of carbonyl (C=O) groups is 1. The minimum absolute atomic E-state index is 0.00578. The third-order valence-electron chi connectivity index (χ3n) is 2.09. The number of hydrogen-bond donors (Lipinski definition) is 2. The van der Waals surface area contributed by atoms with Gasteiger partial charge in [0.05, 0.1) is 11.9 Å². The molecule has 0 saturated heterocycles. The monoisotopic (exact) mass is 222 g/mol. The van der Waals surface area contributed by atoms with Crippen LogP contribution >= 0.6 is 0 Å². The van der Waals surface area contributed by atoms with E-state index in [-0.39, 0.29) is 5.91 Å². The molecule has 0 bridgehead atoms. The molecule has 0 radical (unpaired) electrons. The number of amides is 1. The lowest BCUT2D eigenvalue weighted by Gasteiger charge is -2.11. The van der Waals surface area contributed by atoms with Crippen LogP contribution in [0.1, 0.15) is 6.42 Å². The number of anilines is 2. The topological polar surface area (TPSA) is 57.3 Å². The summed E-state index contributed by atoms with van der Waals surface area (Å²) in [4.78, 5) is 17.5. The standard InChI is InChI=1S/C11H18N4O/c1-12-7-6-11(16)14-9-4-5-10(13-8-9)15(2)3/h4-5,8,12H,6-7H2,1-3H3,(H,14,16). The number of rotatable bonds is 5. The summed E-state index contributed by atoms with van der Waals surface area (Å²) in [5.74, 6) is 0.863. The Morgan fingerprint density at radius 3 is 2.69 bits per heavy atom. The molecule has 0 aliphatic heterocycles. The van der Waals surface area contributed by atoms with E-state index in [9.17, 15) is 4.79 Å². The van der Waals surface area contributed by atoms with E-state index in [0.29, 0.717) is 13.0 Å². The molecule has 0 unspecified atom stereocenters. The van der Waals surface area contributed by atoms with Crippen molar-refractivity contribution < 1.29 is 4.79 Å². The predicted molar refractivity (Wildman–Crippen MR) is 65.7 cm³/mol. The van der Waals surface area contributed by atoms with Crippen molar-refractivity contribution in [1.82, 2.24) is 10.3 Å². The molecule has 2 N–H and O–H groups in total. The van der Waals surface area contributed by atoms with Gasteiger partial charge in [0.2, 0.25) is 5.91 Å². The van der Waals surface area contributed by atoms with Crippen molar-refractivity contribution in [1.29, 1.82) is 0 Å². The first-order chi connectivity index (χ1) is 7.63. The lowest BCUT2D eigenvalue weighted by molar-refractivity contribution is -0.116. The SMILES string of the molecule is CNCCC(=O)Nc1ccc(N(C)C)nc1. The number of nitrogens with zero attached hydrogens (tertiary/aromatic N) is 2. The van der Waals surface area contributed by atoms with E-state index in [0.717, 1.165) is 11.5 Å². The number of nitrogens with one attached hydrogen (secondary N) is 2. The Kier molecular flexibility index (Phi) is 4.72. The van der Waals surface area contributed by atoms with Crippen molar-refractivity contribution >= 4 is 17.4 Å². The van der Waals surface area contributed by atoms with E-state index in [1.165, 1.54) is 0 Å². The Bertz CT molecular complexity index is 334. The van der Waals surface area contributed by atoms with Crippen molar-refractivity contribution in [2.45, 2.75) is 6.42 Å². The van der Waals surface area contributed by atoms with Crippen molar-refractivity contribution in [3.63, 3.8) is 0 Å². The number of aromatic nitrogens is 1. The summed E-state index contributed by atoms with van der Waals surface area (Å²) in [7, 11) is 5.67. The summed E-state index contributed by atoms with van der Waals surface area (Å²) in [6.07, 6.45) is 2.12. The zero-order valence-corrected chi connectivity index (χ0v) is 9.95. The Labute approximate surface area is 95.9 Å². The van der Waals surface area contributed by atoms with Gasteiger partial charge in [0.1, 0.15) is 5.82 Å². The summed E-state index contributed by atoms with van der Waals surface area (Å²) >= 11 is 0. The van der Waals surface area contributed by atoms with Gasteiger partial charge in [-0.2, -0.15) is 0 Å². The number of hydrogen-bond acceptors (Lipinski definition) is 4. The highest BCUT2D eigenvalue weighted by molar-refractivity contribution is 5.90. The van der Waals surface area contributed by atoms with Crippen LogP contribution in [0.15, 0.2) is 18.3 Å². The molecule has 0 aliphatic carbocycles. The molecule has 1 aromatic heterocycles. The maximum atomic E-state index is 11.4. The molecule has 0 spiro atoms. The van der Waals surface area contributed by atoms with Gasteiger partial charge in [0.15, 0.2) is 0 Å². The van der Waals surface area contributed by atoms with Crippen LogP contribution in [0.5, 0.6) is 0 Å². The zero-order chi connectivity index (χ0) is 12.0. The molecule has 0 fully saturated rings. The summed E-state index contributed by atoms with van der Waals surface area (Å²) < 4.78 is 0. The average Bonchev–Trinajstić information content (AvgIpc) is 2.27. The molecule has 1 heterocycles. The van der Waals surface area contributed by atoms with Crippen molar-refractivity contribution in [3.05, 3.63) is 18.3 Å². The van der Waals surface area contributed by atoms with Crippen molar-refractivity contribution in [3.8, 4) is 0 Å². The molecule has 0 saturated carbocycles. The zero-order valence-electron chi connectivity index (χ0n) is 9.95. The van der Waals surface area contributed by atoms with Crippen LogP contribution in [0.3, 0.4) is 0 Å². The Morgan fingerprint density at radius 1 is 1.44 bits per heavy atom. The highest BCUT2D eigenvalue weighted by Crippen LogP contribution is 2.11. The molecule has 5 nitrogen and oxygen atoms in total. The Morgan fingerprint density at radius 2 is 2.19 bits per heavy atom. The normalized spacial score (nSPS) is 9.94. The van der Waals surface area contributed by atoms with E-state index in [1.807, 2.05) is 38.2 Å². The lowest BCUT2D eigenvalue weighted by Crippen LogP contribution is -2.19. The van der Waals surface area contributed by atoms with Crippen LogP contribution in [0.4, 0.5) is 11.5 Å². The van der Waals surface area contributed by atoms with E-state index < -0.39 is 0 Å². The summed E-state index contributed by atoms with van der Waals surface area (Å²) in [5, 5.41) is 5.71. The van der Waals surface area contributed by atoms with Crippen LogP contribution in [0, 0.1) is 0 Å². The van der Waals surface area contributed by atoms with Crippen LogP contribution in [0.2, 0.25) is 0 Å². The lowest BCUT2D eigenvalue weighted by atomic mass is 10.3. The summed E-state index contributed by atoms with van der Waals surface area (Å²) in [6, 6.07) is 3.72. The van der Waals surface area contributed by atoms with Gasteiger partial charge in [-0.15, -0.1) is 0 Å². The quantitative estimate of drug-likeness (QED) is 0.770. The van der Waals surface area contributed by atoms with Crippen molar-refractivity contribution in [2.75, 3.05) is 37.9 Å². The molecule has 5 heteroatoms. The van der Waals surface area contributed by atoms with E-state index in [2.05, 4.69) is 15.6 Å². The predicted octanol–water partition coefficient (Wildman–Crippen LogP) is 0.696. The third-order valence-corrected chi connectivity index (χ3v) is 2.09. The molecule has 1 aromatic rings. The first-order valence-electron chi connectivity index (χ1n) is 5.21. The first-order valence-corrected chi connectivity index (χ1v) is 5.21. The van der Waals surface area contributed by atoms with Gasteiger partial charge < -0.3 is 15.5 Å². The molecule has 88 valence electrons. The second kappa shape index (κ2) is 6.07. The van der Waals surface area contributed by atoms with Crippen molar-refractivity contribution in [2.24, 2.45) is 0 Å². The molecular weight excluding hydrogens is 204 g/mol. The molecule has 1 amide bonds. The molecule has 0 aliphatic rings. The molecule has 0 atom stereocenters. The highest BCUT2D eigenvalue weighted by atomic mass is 16.1. The van der Waals surface area contributed by atoms with E-state index in [4.69, 9.17) is 0 Å². The number of carbonyl (C=O) groups excluding carboxylic acids is 1. The largest absolute Gasteiger partial charge is 0.363 e. The van der Waals surface area contributed by atoms with Gasteiger partial charge in [0, 0.05) is 27.1 Å². The van der Waals surface area contributed by atoms with Gasteiger partial charge in [-0.1, -0.05) is 0 Å². The van der Waals surface area contributed by atoms with Crippen LogP contribution in [-0.2, 0) is 4.79 Å². The van der Waals surface area contributed by atoms with Crippen LogP contribution in [0.25, 0.3) is 0 Å². The summed E-state index contributed by atoms with van der Waals surface area (Å²) in [6.45, 7) is 0.676. The summed E-state index contributed by atoms with van der Waals surface area (Å²) in [5.41, 5.74) is 0.728. The molecule has 1 rings (SSSR count). The second-order valence-electron chi connectivity index (χ2n) is 3.70. The molecular formula is C11H18N4O. The van der Waals surface area contributed by atoms with Gasteiger partial charge >= 0.3 is 0 Å². The average molecular weight is 222 g/mol. The van der Waals surface area contributed by atoms with Crippen LogP contribution in [-0.4, -0.2) is 38.6 Å². The Balaban J connectivity index is 2.51. The smallest absolute Gasteiger partial charge is 0.225 e. The van der Waals surface area contributed by atoms with Gasteiger partial charge in [-0.3, -0.25) is 4.79 Å². The maximum absolute atomic E-state index is 11.4. The van der Waals surface area contributed by atoms with Gasteiger partial charge in [0.25, 0.3) is 0 Å². The van der Waals surface area contributed by atoms with Gasteiger partial charge in [-0.25, -0.2) is 4.98 Å². The highest BCUT2D eigenvalue weighted by Gasteiger charge is 2.02. The van der Waals surface area contributed by atoms with E-state index in [1.54, 1.807) is 6.20 Å². The Hall–Kier alpha value is -1.62. The fraction of sp³-hybridized carbons (Fsp3) is 0.455. The number of pyridine rings is 1. The minimum Gasteiger partial charge on any atom is -0.363 e. The fourth-order valence-corrected chi connectivity index (χ4v) is 1.19. The molecule has 16 heavy (non-hydrogen) atoms. The first kappa shape index (κ1) is 12.4.